The van der Waals surface area contributed by atoms with Gasteiger partial charge in [-0.25, -0.2) is 9.59 Å². The van der Waals surface area contributed by atoms with Crippen LogP contribution in [-0.4, -0.2) is 34.7 Å². The van der Waals surface area contributed by atoms with Gasteiger partial charge in [0.25, 0.3) is 0 Å². The van der Waals surface area contributed by atoms with Crippen molar-refractivity contribution in [3.05, 3.63) is 125 Å². The van der Waals surface area contributed by atoms with Crippen molar-refractivity contribution < 1.29 is 24.2 Å². The molecule has 2 aliphatic rings. The summed E-state index contributed by atoms with van der Waals surface area (Å²) in [4.78, 5) is 26.7. The summed E-state index contributed by atoms with van der Waals surface area (Å²) in [6.07, 6.45) is -0.425. The number of carboxylic acids is 1. The van der Waals surface area contributed by atoms with Crippen LogP contribution in [0.25, 0.3) is 11.1 Å². The Labute approximate surface area is 221 Å². The lowest BCUT2D eigenvalue weighted by Crippen LogP contribution is -2.49. The maximum Gasteiger partial charge on any atom is 0.410 e. The van der Waals surface area contributed by atoms with Gasteiger partial charge in [-0.05, 0) is 51.1 Å². The number of amides is 1. The van der Waals surface area contributed by atoms with Crippen molar-refractivity contribution in [2.45, 2.75) is 31.5 Å². The lowest BCUT2D eigenvalue weighted by Gasteiger charge is -2.34. The molecule has 0 aromatic heterocycles. The Bertz CT molecular complexity index is 1450. The van der Waals surface area contributed by atoms with Gasteiger partial charge in [-0.2, -0.15) is 0 Å². The highest BCUT2D eigenvalue weighted by atomic mass is 16.6. The number of nitrogens with zero attached hydrogens (tertiary/aromatic N) is 1. The average molecular weight is 506 g/mol. The predicted molar refractivity (Wildman–Crippen MR) is 143 cm³/mol. The van der Waals surface area contributed by atoms with E-state index in [1.165, 1.54) is 4.90 Å². The van der Waals surface area contributed by atoms with E-state index in [1.54, 1.807) is 0 Å². The average Bonchev–Trinajstić information content (AvgIpc) is 3.28. The first-order valence-electron chi connectivity index (χ1n) is 12.7. The zero-order valence-electron chi connectivity index (χ0n) is 20.7. The molecule has 4 aromatic rings. The van der Waals surface area contributed by atoms with Gasteiger partial charge in [-0.1, -0.05) is 84.9 Å². The molecule has 0 unspecified atom stereocenters. The smallest absolute Gasteiger partial charge is 0.410 e. The molecule has 1 atom stereocenters. The van der Waals surface area contributed by atoms with E-state index in [4.69, 9.17) is 9.47 Å². The zero-order chi connectivity index (χ0) is 26.1. The maximum atomic E-state index is 13.2. The van der Waals surface area contributed by atoms with Crippen LogP contribution in [0.1, 0.15) is 33.7 Å². The molecule has 0 saturated heterocycles. The van der Waals surface area contributed by atoms with Gasteiger partial charge in [-0.15, -0.1) is 0 Å². The second-order valence-electron chi connectivity index (χ2n) is 9.69. The molecule has 6 rings (SSSR count). The quantitative estimate of drug-likeness (QED) is 0.347. The Hall–Kier alpha value is -4.58. The summed E-state index contributed by atoms with van der Waals surface area (Å²) in [7, 11) is 0. The molecule has 190 valence electrons. The van der Waals surface area contributed by atoms with Crippen LogP contribution < -0.4 is 4.74 Å². The van der Waals surface area contributed by atoms with Crippen molar-refractivity contribution in [2.24, 2.45) is 0 Å². The maximum absolute atomic E-state index is 13.2. The Morgan fingerprint density at radius 2 is 1.47 bits per heavy atom. The Kier molecular flexibility index (Phi) is 6.30. The van der Waals surface area contributed by atoms with Crippen LogP contribution in [0, 0.1) is 0 Å². The van der Waals surface area contributed by atoms with E-state index in [1.807, 2.05) is 72.8 Å². The summed E-state index contributed by atoms with van der Waals surface area (Å²) in [6.45, 7) is 0.741. The number of carbonyl (C=O) groups excluding carboxylic acids is 1. The molecule has 0 fully saturated rings. The number of aliphatic carboxylic acids is 1. The van der Waals surface area contributed by atoms with Crippen LogP contribution in [0.2, 0.25) is 0 Å². The molecule has 38 heavy (non-hydrogen) atoms. The SMILES string of the molecule is O=C(O)[C@@H]1Cc2cc(OCc3ccccc3)ccc2CN1C(=O)OCC1c2ccccc2-c2ccccc21. The third-order valence-corrected chi connectivity index (χ3v) is 7.41. The van der Waals surface area contributed by atoms with Crippen LogP contribution in [0.5, 0.6) is 5.75 Å². The monoisotopic (exact) mass is 505 g/mol. The topological polar surface area (TPSA) is 76.1 Å². The number of fused-ring (bicyclic) bond motifs is 4. The second kappa shape index (κ2) is 10.1. The molecular weight excluding hydrogens is 478 g/mol. The predicted octanol–water partition coefficient (Wildman–Crippen LogP) is 6.03. The number of carboxylic acid groups (broad SMARTS) is 1. The summed E-state index contributed by atoms with van der Waals surface area (Å²) in [5, 5.41) is 9.96. The highest BCUT2D eigenvalue weighted by molar-refractivity contribution is 5.82. The largest absolute Gasteiger partial charge is 0.489 e. The molecule has 4 aromatic carbocycles. The minimum atomic E-state index is -1.06. The molecule has 0 spiro atoms. The van der Waals surface area contributed by atoms with Gasteiger partial charge < -0.3 is 14.6 Å². The van der Waals surface area contributed by atoms with Crippen molar-refractivity contribution in [1.29, 1.82) is 0 Å². The fourth-order valence-corrected chi connectivity index (χ4v) is 5.48. The molecule has 6 heteroatoms. The number of ether oxygens (including phenoxy) is 2. The van der Waals surface area contributed by atoms with Gasteiger partial charge in [-0.3, -0.25) is 4.90 Å². The summed E-state index contributed by atoms with van der Waals surface area (Å²) in [5.74, 6) is -0.470. The molecule has 0 radical (unpaired) electrons. The van der Waals surface area contributed by atoms with Crippen molar-refractivity contribution >= 4 is 12.1 Å². The van der Waals surface area contributed by atoms with E-state index in [0.717, 1.165) is 38.9 Å². The Balaban J connectivity index is 1.17. The van der Waals surface area contributed by atoms with Crippen LogP contribution in [0.4, 0.5) is 4.79 Å². The summed E-state index contributed by atoms with van der Waals surface area (Å²) in [5.41, 5.74) is 7.32. The van der Waals surface area contributed by atoms with E-state index in [-0.39, 0.29) is 25.5 Å². The minimum Gasteiger partial charge on any atom is -0.489 e. The first-order valence-corrected chi connectivity index (χ1v) is 12.7. The first-order chi connectivity index (χ1) is 18.6. The summed E-state index contributed by atoms with van der Waals surface area (Å²) < 4.78 is 11.7. The fourth-order valence-electron chi connectivity index (χ4n) is 5.48. The Morgan fingerprint density at radius 3 is 2.16 bits per heavy atom. The second-order valence-corrected chi connectivity index (χ2v) is 9.69. The molecule has 6 nitrogen and oxygen atoms in total. The molecule has 1 aliphatic heterocycles. The van der Waals surface area contributed by atoms with Crippen LogP contribution in [-0.2, 0) is 29.1 Å². The van der Waals surface area contributed by atoms with Gasteiger partial charge in [0.2, 0.25) is 0 Å². The normalized spacial score (nSPS) is 15.8. The van der Waals surface area contributed by atoms with Crippen molar-refractivity contribution in [2.75, 3.05) is 6.61 Å². The van der Waals surface area contributed by atoms with E-state index < -0.39 is 18.1 Å². The molecule has 1 aliphatic carbocycles. The first kappa shape index (κ1) is 23.8. The van der Waals surface area contributed by atoms with E-state index in [2.05, 4.69) is 24.3 Å². The third-order valence-electron chi connectivity index (χ3n) is 7.41. The molecule has 0 bridgehead atoms. The van der Waals surface area contributed by atoms with Crippen molar-refractivity contribution in [3.63, 3.8) is 0 Å². The third kappa shape index (κ3) is 4.50. The molecule has 1 heterocycles. The van der Waals surface area contributed by atoms with E-state index in [0.29, 0.717) is 12.4 Å². The van der Waals surface area contributed by atoms with Gasteiger partial charge in [0, 0.05) is 12.3 Å². The fraction of sp³-hybridized carbons (Fsp3) is 0.188. The number of hydrogen-bond donors (Lipinski definition) is 1. The Morgan fingerprint density at radius 1 is 0.816 bits per heavy atom. The van der Waals surface area contributed by atoms with Crippen molar-refractivity contribution in [1.82, 2.24) is 4.90 Å². The molecule has 1 amide bonds. The summed E-state index contributed by atoms with van der Waals surface area (Å²) in [6, 6.07) is 30.7. The number of rotatable bonds is 6. The van der Waals surface area contributed by atoms with E-state index >= 15 is 0 Å². The van der Waals surface area contributed by atoms with Gasteiger partial charge >= 0.3 is 12.1 Å². The van der Waals surface area contributed by atoms with Gasteiger partial charge in [0.1, 0.15) is 25.0 Å². The van der Waals surface area contributed by atoms with Gasteiger partial charge in [0.15, 0.2) is 0 Å². The highest BCUT2D eigenvalue weighted by Crippen LogP contribution is 2.44. The number of benzene rings is 4. The lowest BCUT2D eigenvalue weighted by atomic mass is 9.94. The van der Waals surface area contributed by atoms with E-state index in [9.17, 15) is 14.7 Å². The lowest BCUT2D eigenvalue weighted by molar-refractivity contribution is -0.143. The van der Waals surface area contributed by atoms with Crippen LogP contribution in [0.3, 0.4) is 0 Å². The summed E-state index contributed by atoms with van der Waals surface area (Å²) >= 11 is 0. The van der Waals surface area contributed by atoms with Crippen LogP contribution in [0.15, 0.2) is 97.1 Å². The molecule has 0 saturated carbocycles. The minimum absolute atomic E-state index is 0.0870. The number of carbonyl (C=O) groups is 2. The van der Waals surface area contributed by atoms with Gasteiger partial charge in [0.05, 0.1) is 6.54 Å². The highest BCUT2D eigenvalue weighted by Gasteiger charge is 2.37. The molecular formula is C32H27NO5. The van der Waals surface area contributed by atoms with Crippen molar-refractivity contribution in [3.8, 4) is 16.9 Å². The standard InChI is InChI=1S/C32H27NO5/c34-31(35)30-17-23-16-24(37-19-21-8-2-1-3-9-21)15-14-22(23)18-33(30)32(36)38-20-29-27-12-6-4-10-25(27)26-11-5-7-13-28(26)29/h1-16,29-30H,17-20H2,(H,34,35)/t30-/m0/s1. The molecule has 1 N–H and O–H groups in total. The zero-order valence-corrected chi connectivity index (χ0v) is 20.7. The van der Waals surface area contributed by atoms with Crippen LogP contribution >= 0.6 is 0 Å². The number of hydrogen-bond acceptors (Lipinski definition) is 4.